The smallest absolute Gasteiger partial charge is 0.278 e. The topological polar surface area (TPSA) is 75.4 Å². The van der Waals surface area contributed by atoms with Crippen molar-refractivity contribution in [2.75, 3.05) is 31.1 Å². The van der Waals surface area contributed by atoms with E-state index in [0.29, 0.717) is 24.5 Å². The zero-order chi connectivity index (χ0) is 16.5. The second-order valence-corrected chi connectivity index (χ2v) is 6.80. The molecule has 8 heteroatoms. The lowest BCUT2D eigenvalue weighted by Gasteiger charge is -2.20. The fourth-order valence-corrected chi connectivity index (χ4v) is 3.90. The van der Waals surface area contributed by atoms with Crippen molar-refractivity contribution in [2.24, 2.45) is 0 Å². The maximum atomic E-state index is 12.6. The number of hydrogen-bond donors (Lipinski definition) is 0. The Hall–Kier alpha value is -2.48. The van der Waals surface area contributed by atoms with Crippen LogP contribution in [-0.4, -0.2) is 52.3 Å². The highest BCUT2D eigenvalue weighted by molar-refractivity contribution is 7.22. The maximum Gasteiger partial charge on any atom is 0.278 e. The second-order valence-electron chi connectivity index (χ2n) is 5.80. The van der Waals surface area contributed by atoms with E-state index in [4.69, 9.17) is 4.98 Å². The van der Waals surface area contributed by atoms with Crippen LogP contribution in [-0.2, 0) is 0 Å². The van der Waals surface area contributed by atoms with Crippen LogP contribution in [0.5, 0.6) is 0 Å². The van der Waals surface area contributed by atoms with Gasteiger partial charge in [-0.05, 0) is 30.6 Å². The molecular formula is C16H17N5O2S. The van der Waals surface area contributed by atoms with Crippen molar-refractivity contribution in [3.8, 4) is 0 Å². The van der Waals surface area contributed by atoms with Crippen LogP contribution in [0.1, 0.15) is 22.6 Å². The van der Waals surface area contributed by atoms with E-state index >= 15 is 0 Å². The monoisotopic (exact) mass is 343 g/mol. The van der Waals surface area contributed by atoms with Gasteiger partial charge in [0.25, 0.3) is 5.91 Å². The number of amides is 1. The van der Waals surface area contributed by atoms with E-state index in [-0.39, 0.29) is 5.91 Å². The third-order valence-corrected chi connectivity index (χ3v) is 5.29. The highest BCUT2D eigenvalue weighted by Gasteiger charge is 2.25. The van der Waals surface area contributed by atoms with E-state index < -0.39 is 0 Å². The van der Waals surface area contributed by atoms with E-state index in [1.54, 1.807) is 18.3 Å². The van der Waals surface area contributed by atoms with Gasteiger partial charge in [0.2, 0.25) is 0 Å². The molecule has 7 nitrogen and oxygen atoms in total. The fraction of sp³-hybridized carbons (Fsp3) is 0.375. The third kappa shape index (κ3) is 2.73. The normalized spacial score (nSPS) is 15.7. The lowest BCUT2D eigenvalue weighted by Crippen LogP contribution is -2.35. The van der Waals surface area contributed by atoms with Crippen molar-refractivity contribution in [1.82, 2.24) is 20.2 Å². The van der Waals surface area contributed by atoms with Crippen LogP contribution in [0.2, 0.25) is 0 Å². The van der Waals surface area contributed by atoms with Gasteiger partial charge >= 0.3 is 0 Å². The minimum atomic E-state index is -0.111. The Morgan fingerprint density at radius 1 is 1.17 bits per heavy atom. The molecule has 0 aliphatic carbocycles. The first kappa shape index (κ1) is 15.1. The summed E-state index contributed by atoms with van der Waals surface area (Å²) in [6.07, 6.45) is 0.895. The molecule has 0 N–H and O–H groups in total. The SMILES string of the molecule is Cc1nonc1C(=O)N1CCCN(c2nc3ccccc3s2)CC1. The first-order valence-corrected chi connectivity index (χ1v) is 8.73. The minimum absolute atomic E-state index is 0.111. The summed E-state index contributed by atoms with van der Waals surface area (Å²) in [7, 11) is 0. The highest BCUT2D eigenvalue weighted by atomic mass is 32.1. The van der Waals surface area contributed by atoms with Crippen LogP contribution in [0, 0.1) is 6.92 Å². The molecule has 1 aliphatic heterocycles. The van der Waals surface area contributed by atoms with Crippen LogP contribution in [0.15, 0.2) is 28.9 Å². The molecule has 0 radical (unpaired) electrons. The average molecular weight is 343 g/mol. The van der Waals surface area contributed by atoms with Gasteiger partial charge in [0.05, 0.1) is 10.2 Å². The molecule has 1 saturated heterocycles. The number of anilines is 1. The number of aromatic nitrogens is 3. The average Bonchev–Trinajstić information content (AvgIpc) is 3.13. The van der Waals surface area contributed by atoms with E-state index in [0.717, 1.165) is 30.2 Å². The molecule has 2 aromatic heterocycles. The summed E-state index contributed by atoms with van der Waals surface area (Å²) in [5.74, 6) is -0.111. The van der Waals surface area contributed by atoms with Gasteiger partial charge in [-0.2, -0.15) is 0 Å². The number of para-hydroxylation sites is 1. The zero-order valence-electron chi connectivity index (χ0n) is 13.3. The zero-order valence-corrected chi connectivity index (χ0v) is 14.1. The molecule has 1 amide bonds. The van der Waals surface area contributed by atoms with Crippen LogP contribution in [0.3, 0.4) is 0 Å². The van der Waals surface area contributed by atoms with Crippen molar-refractivity contribution in [3.63, 3.8) is 0 Å². The highest BCUT2D eigenvalue weighted by Crippen LogP contribution is 2.29. The van der Waals surface area contributed by atoms with Gasteiger partial charge < -0.3 is 9.80 Å². The lowest BCUT2D eigenvalue weighted by molar-refractivity contribution is 0.0755. The number of carbonyl (C=O) groups is 1. The summed E-state index contributed by atoms with van der Waals surface area (Å²) in [6, 6.07) is 8.15. The Morgan fingerprint density at radius 3 is 2.83 bits per heavy atom. The number of carbonyl (C=O) groups excluding carboxylic acids is 1. The van der Waals surface area contributed by atoms with Crippen molar-refractivity contribution >= 4 is 32.6 Å². The van der Waals surface area contributed by atoms with Crippen LogP contribution < -0.4 is 4.90 Å². The standard InChI is InChI=1S/C16H17N5O2S/c1-11-14(19-23-18-11)15(22)20-7-4-8-21(10-9-20)16-17-12-5-2-3-6-13(12)24-16/h2-3,5-6H,4,7-10H2,1H3. The molecule has 24 heavy (non-hydrogen) atoms. The number of thiazole rings is 1. The van der Waals surface area contributed by atoms with E-state index in [9.17, 15) is 4.79 Å². The van der Waals surface area contributed by atoms with E-state index in [1.165, 1.54) is 4.70 Å². The number of fused-ring (bicyclic) bond motifs is 1. The van der Waals surface area contributed by atoms with Crippen molar-refractivity contribution in [3.05, 3.63) is 35.7 Å². The number of nitrogens with zero attached hydrogens (tertiary/aromatic N) is 5. The Labute approximate surface area is 142 Å². The molecule has 0 unspecified atom stereocenters. The Bertz CT molecular complexity index is 841. The largest absolute Gasteiger partial charge is 0.346 e. The second kappa shape index (κ2) is 6.20. The van der Waals surface area contributed by atoms with Gasteiger partial charge in [0, 0.05) is 26.2 Å². The molecule has 1 fully saturated rings. The Kier molecular flexibility index (Phi) is 3.89. The van der Waals surface area contributed by atoms with E-state index in [1.807, 2.05) is 23.1 Å². The van der Waals surface area contributed by atoms with Crippen LogP contribution >= 0.6 is 11.3 Å². The lowest BCUT2D eigenvalue weighted by atomic mass is 10.3. The van der Waals surface area contributed by atoms with Crippen LogP contribution in [0.25, 0.3) is 10.2 Å². The molecule has 3 heterocycles. The molecule has 1 aliphatic rings. The van der Waals surface area contributed by atoms with Gasteiger partial charge in [-0.1, -0.05) is 28.6 Å². The summed E-state index contributed by atoms with van der Waals surface area (Å²) in [5, 5.41) is 8.44. The first-order chi connectivity index (χ1) is 11.7. The number of rotatable bonds is 2. The molecule has 0 bridgehead atoms. The quantitative estimate of drug-likeness (QED) is 0.711. The van der Waals surface area contributed by atoms with Crippen LogP contribution in [0.4, 0.5) is 5.13 Å². The Balaban J connectivity index is 1.50. The van der Waals surface area contributed by atoms with Gasteiger partial charge in [0.1, 0.15) is 5.69 Å². The molecule has 0 atom stereocenters. The summed E-state index contributed by atoms with van der Waals surface area (Å²) in [4.78, 5) is 21.3. The van der Waals surface area contributed by atoms with E-state index in [2.05, 4.69) is 25.9 Å². The molecule has 0 saturated carbocycles. The predicted octanol–water partition coefficient (Wildman–Crippen LogP) is 2.34. The van der Waals surface area contributed by atoms with Crippen molar-refractivity contribution in [2.45, 2.75) is 13.3 Å². The summed E-state index contributed by atoms with van der Waals surface area (Å²) < 4.78 is 5.84. The summed E-state index contributed by atoms with van der Waals surface area (Å²) in [6.45, 7) is 4.72. The third-order valence-electron chi connectivity index (χ3n) is 4.19. The minimum Gasteiger partial charge on any atom is -0.346 e. The molecule has 0 spiro atoms. The van der Waals surface area contributed by atoms with Gasteiger partial charge in [-0.25, -0.2) is 9.61 Å². The molecule has 3 aromatic rings. The van der Waals surface area contributed by atoms with Gasteiger partial charge in [-0.3, -0.25) is 4.79 Å². The van der Waals surface area contributed by atoms with Crippen molar-refractivity contribution < 1.29 is 9.42 Å². The molecule has 1 aromatic carbocycles. The maximum absolute atomic E-state index is 12.6. The van der Waals surface area contributed by atoms with Crippen molar-refractivity contribution in [1.29, 1.82) is 0 Å². The van der Waals surface area contributed by atoms with Gasteiger partial charge in [-0.15, -0.1) is 0 Å². The summed E-state index contributed by atoms with van der Waals surface area (Å²) >= 11 is 1.70. The molecule has 4 rings (SSSR count). The molecule has 124 valence electrons. The first-order valence-electron chi connectivity index (χ1n) is 7.91. The molecular weight excluding hydrogens is 326 g/mol. The van der Waals surface area contributed by atoms with Gasteiger partial charge in [0.15, 0.2) is 10.8 Å². The number of aryl methyl sites for hydroxylation is 1. The fourth-order valence-electron chi connectivity index (χ4n) is 2.88. The summed E-state index contributed by atoms with van der Waals surface area (Å²) in [5.41, 5.74) is 1.87. The predicted molar refractivity (Wildman–Crippen MR) is 91.4 cm³/mol. The Morgan fingerprint density at radius 2 is 2.04 bits per heavy atom. The number of hydrogen-bond acceptors (Lipinski definition) is 7. The number of benzene rings is 1.